The molecule has 0 radical (unpaired) electrons. The summed E-state index contributed by atoms with van der Waals surface area (Å²) in [7, 11) is 1.89. The molecule has 2 aromatic carbocycles. The largest absolute Gasteiger partial charge is 0.445 e. The van der Waals surface area contributed by atoms with Gasteiger partial charge in [-0.05, 0) is 50.6 Å². The van der Waals surface area contributed by atoms with Crippen molar-refractivity contribution in [3.8, 4) is 0 Å². The van der Waals surface area contributed by atoms with Crippen LogP contribution >= 0.6 is 0 Å². The van der Waals surface area contributed by atoms with Crippen molar-refractivity contribution in [1.82, 2.24) is 15.6 Å². The number of hydrogen-bond donors (Lipinski definition) is 3. The maximum absolute atomic E-state index is 13.0. The summed E-state index contributed by atoms with van der Waals surface area (Å²) in [6.45, 7) is 0.994. The molecule has 0 saturated heterocycles. The predicted molar refractivity (Wildman–Crippen MR) is 122 cm³/mol. The van der Waals surface area contributed by atoms with Crippen LogP contribution in [0, 0.1) is 0 Å². The fourth-order valence-electron chi connectivity index (χ4n) is 3.25. The van der Waals surface area contributed by atoms with E-state index in [-0.39, 0.29) is 12.5 Å². The summed E-state index contributed by atoms with van der Waals surface area (Å²) in [5.41, 5.74) is 2.20. The molecule has 162 valence electrons. The van der Waals surface area contributed by atoms with Gasteiger partial charge in [0.25, 0.3) is 0 Å². The highest BCUT2D eigenvalue weighted by atomic mass is 16.5. The van der Waals surface area contributed by atoms with Crippen molar-refractivity contribution in [3.63, 3.8) is 0 Å². The third kappa shape index (κ3) is 6.79. The molecule has 0 spiro atoms. The molecule has 2 amide bonds. The van der Waals surface area contributed by atoms with E-state index in [1.165, 1.54) is 0 Å². The molecule has 0 bridgehead atoms. The molecule has 7 nitrogen and oxygen atoms in total. The zero-order valence-electron chi connectivity index (χ0n) is 17.6. The number of hydrogen-bond acceptors (Lipinski definition) is 5. The van der Waals surface area contributed by atoms with Gasteiger partial charge >= 0.3 is 6.09 Å². The lowest BCUT2D eigenvalue weighted by atomic mass is 10.1. The fourth-order valence-corrected chi connectivity index (χ4v) is 3.25. The maximum atomic E-state index is 13.0. The Hall–Kier alpha value is -3.45. The highest BCUT2D eigenvalue weighted by Gasteiger charge is 2.22. The molecule has 0 aliphatic rings. The Balaban J connectivity index is 1.65. The second-order valence-electron chi connectivity index (χ2n) is 7.23. The van der Waals surface area contributed by atoms with Gasteiger partial charge in [0.1, 0.15) is 12.6 Å². The topological polar surface area (TPSA) is 92.4 Å². The summed E-state index contributed by atoms with van der Waals surface area (Å²) in [4.78, 5) is 29.7. The summed E-state index contributed by atoms with van der Waals surface area (Å²) >= 11 is 0. The number of unbranched alkanes of at least 4 members (excludes halogenated alkanes) is 1. The number of aromatic nitrogens is 1. The second kappa shape index (κ2) is 11.7. The van der Waals surface area contributed by atoms with E-state index in [0.717, 1.165) is 30.3 Å². The van der Waals surface area contributed by atoms with E-state index < -0.39 is 12.1 Å². The summed E-state index contributed by atoms with van der Waals surface area (Å²) in [6, 6.07) is 18.1. The molecule has 1 aromatic heterocycles. The minimum atomic E-state index is -0.709. The van der Waals surface area contributed by atoms with Crippen LogP contribution in [0.25, 0.3) is 10.9 Å². The first-order valence-electron chi connectivity index (χ1n) is 10.4. The van der Waals surface area contributed by atoms with Crippen LogP contribution in [0.5, 0.6) is 0 Å². The number of nitrogens with one attached hydrogen (secondary N) is 3. The number of carbonyl (C=O) groups excluding carboxylic acids is 2. The van der Waals surface area contributed by atoms with Gasteiger partial charge in [0.05, 0.1) is 11.2 Å². The summed E-state index contributed by atoms with van der Waals surface area (Å²) in [6.07, 6.45) is 3.26. The molecule has 7 heteroatoms. The number of pyridine rings is 1. The van der Waals surface area contributed by atoms with E-state index in [1.807, 2.05) is 61.6 Å². The van der Waals surface area contributed by atoms with Crippen molar-refractivity contribution in [2.24, 2.45) is 0 Å². The lowest BCUT2D eigenvalue weighted by Crippen LogP contribution is -2.44. The van der Waals surface area contributed by atoms with Crippen LogP contribution in [0.4, 0.5) is 10.5 Å². The van der Waals surface area contributed by atoms with Crippen LogP contribution in [0.3, 0.4) is 0 Å². The Bertz CT molecular complexity index is 989. The van der Waals surface area contributed by atoms with Crippen LogP contribution in [0.15, 0.2) is 66.9 Å². The van der Waals surface area contributed by atoms with Gasteiger partial charge in [0, 0.05) is 11.6 Å². The quantitative estimate of drug-likeness (QED) is 0.433. The smallest absolute Gasteiger partial charge is 0.408 e. The van der Waals surface area contributed by atoms with Crippen molar-refractivity contribution in [1.29, 1.82) is 0 Å². The highest BCUT2D eigenvalue weighted by molar-refractivity contribution is 6.03. The van der Waals surface area contributed by atoms with Crippen LogP contribution in [-0.2, 0) is 16.1 Å². The Morgan fingerprint density at radius 3 is 2.61 bits per heavy atom. The zero-order valence-corrected chi connectivity index (χ0v) is 17.6. The van der Waals surface area contributed by atoms with Crippen LogP contribution in [-0.4, -0.2) is 36.6 Å². The third-order valence-corrected chi connectivity index (χ3v) is 4.88. The minimum Gasteiger partial charge on any atom is -0.445 e. The van der Waals surface area contributed by atoms with Crippen LogP contribution in [0.2, 0.25) is 0 Å². The Labute approximate surface area is 182 Å². The number of nitrogens with zero attached hydrogens (tertiary/aromatic N) is 1. The van der Waals surface area contributed by atoms with Crippen LogP contribution in [0.1, 0.15) is 24.8 Å². The van der Waals surface area contributed by atoms with E-state index in [1.54, 1.807) is 12.3 Å². The van der Waals surface area contributed by atoms with Gasteiger partial charge in [-0.1, -0.05) is 48.5 Å². The van der Waals surface area contributed by atoms with E-state index in [0.29, 0.717) is 17.6 Å². The first-order valence-corrected chi connectivity index (χ1v) is 10.4. The third-order valence-electron chi connectivity index (χ3n) is 4.88. The van der Waals surface area contributed by atoms with Crippen molar-refractivity contribution in [2.45, 2.75) is 31.9 Å². The predicted octanol–water partition coefficient (Wildman–Crippen LogP) is 3.86. The van der Waals surface area contributed by atoms with Crippen molar-refractivity contribution < 1.29 is 14.3 Å². The molecular weight excluding hydrogens is 392 g/mol. The molecule has 3 rings (SSSR count). The lowest BCUT2D eigenvalue weighted by Gasteiger charge is -2.19. The molecule has 0 saturated carbocycles. The summed E-state index contributed by atoms with van der Waals surface area (Å²) < 4.78 is 5.30. The fraction of sp³-hybridized carbons (Fsp3) is 0.292. The maximum Gasteiger partial charge on any atom is 0.408 e. The number of rotatable bonds is 10. The number of para-hydroxylation sites is 1. The number of alkyl carbamates (subject to hydrolysis) is 1. The standard InChI is InChI=1S/C24H28N4O3/c1-25-15-6-5-13-21(28-24(30)31-17-18-9-3-2-4-10-18)23(29)27-20-14-7-11-19-12-8-16-26-22(19)20/h2-4,7-12,14,16,21,25H,5-6,13,15,17H2,1H3,(H,27,29)(H,28,30)/t21-/m0/s1. The number of fused-ring (bicyclic) bond motifs is 1. The Morgan fingerprint density at radius 1 is 1.00 bits per heavy atom. The normalized spacial score (nSPS) is 11.6. The van der Waals surface area contributed by atoms with Gasteiger partial charge in [-0.15, -0.1) is 0 Å². The van der Waals surface area contributed by atoms with Gasteiger partial charge in [-0.3, -0.25) is 9.78 Å². The number of carbonyl (C=O) groups is 2. The van der Waals surface area contributed by atoms with Crippen LogP contribution < -0.4 is 16.0 Å². The first-order chi connectivity index (χ1) is 15.2. The van der Waals surface area contributed by atoms with Gasteiger partial charge < -0.3 is 20.7 Å². The Kier molecular flexibility index (Phi) is 8.37. The van der Waals surface area contributed by atoms with Gasteiger partial charge in [-0.2, -0.15) is 0 Å². The van der Waals surface area contributed by atoms with Gasteiger partial charge in [0.2, 0.25) is 5.91 Å². The van der Waals surface area contributed by atoms with Crippen molar-refractivity contribution in [2.75, 3.05) is 18.9 Å². The van der Waals surface area contributed by atoms with E-state index in [2.05, 4.69) is 20.9 Å². The van der Waals surface area contributed by atoms with Crippen molar-refractivity contribution >= 4 is 28.6 Å². The average Bonchev–Trinajstić information content (AvgIpc) is 2.80. The monoisotopic (exact) mass is 420 g/mol. The SMILES string of the molecule is CNCCCC[C@H](NC(=O)OCc1ccccc1)C(=O)Nc1cccc2cccnc12. The molecule has 0 aliphatic heterocycles. The number of anilines is 1. The summed E-state index contributed by atoms with van der Waals surface area (Å²) in [5, 5.41) is 9.66. The molecular formula is C24H28N4O3. The zero-order chi connectivity index (χ0) is 21.9. The van der Waals surface area contributed by atoms with Gasteiger partial charge in [-0.25, -0.2) is 4.79 Å². The molecule has 0 unspecified atom stereocenters. The number of ether oxygens (including phenoxy) is 1. The number of amides is 2. The number of benzene rings is 2. The van der Waals surface area contributed by atoms with Gasteiger partial charge in [0.15, 0.2) is 0 Å². The second-order valence-corrected chi connectivity index (χ2v) is 7.23. The molecule has 3 aromatic rings. The molecule has 0 fully saturated rings. The first kappa shape index (κ1) is 22.2. The molecule has 3 N–H and O–H groups in total. The molecule has 31 heavy (non-hydrogen) atoms. The molecule has 1 heterocycles. The molecule has 0 aliphatic carbocycles. The Morgan fingerprint density at radius 2 is 1.81 bits per heavy atom. The van der Waals surface area contributed by atoms with E-state index >= 15 is 0 Å². The molecule has 1 atom stereocenters. The van der Waals surface area contributed by atoms with E-state index in [9.17, 15) is 9.59 Å². The van der Waals surface area contributed by atoms with Crippen molar-refractivity contribution in [3.05, 3.63) is 72.4 Å². The highest BCUT2D eigenvalue weighted by Crippen LogP contribution is 2.21. The minimum absolute atomic E-state index is 0.147. The lowest BCUT2D eigenvalue weighted by molar-refractivity contribution is -0.118. The summed E-state index contributed by atoms with van der Waals surface area (Å²) in [5.74, 6) is -0.292. The van der Waals surface area contributed by atoms with E-state index in [4.69, 9.17) is 4.74 Å². The average molecular weight is 421 g/mol.